The zero-order valence-corrected chi connectivity index (χ0v) is 11.4. The van der Waals surface area contributed by atoms with Gasteiger partial charge in [0, 0.05) is 32.7 Å². The summed E-state index contributed by atoms with van der Waals surface area (Å²) >= 11 is 0. The highest BCUT2D eigenvalue weighted by atomic mass is 19.4. The van der Waals surface area contributed by atoms with E-state index in [1.807, 2.05) is 17.0 Å². The maximum absolute atomic E-state index is 12.9. The highest BCUT2D eigenvalue weighted by Crippen LogP contribution is 2.33. The number of halogens is 3. The van der Waals surface area contributed by atoms with E-state index in [9.17, 15) is 13.2 Å². The summed E-state index contributed by atoms with van der Waals surface area (Å²) in [4.78, 5) is 1.83. The molecule has 0 bridgehead atoms. The fraction of sp³-hybridized carbons (Fsp3) is 0.571. The van der Waals surface area contributed by atoms with Crippen LogP contribution in [0.5, 0.6) is 11.5 Å². The SMILES string of the molecule is FC(F)(F)C1CNCCN(Cc2ccc3c(c2)OCO3)C1. The Kier molecular flexibility index (Phi) is 3.95. The Morgan fingerprint density at radius 2 is 2.05 bits per heavy atom. The van der Waals surface area contributed by atoms with Gasteiger partial charge in [-0.05, 0) is 17.7 Å². The molecular formula is C14H17F3N2O2. The number of benzene rings is 1. The number of rotatable bonds is 2. The molecule has 2 heterocycles. The predicted molar refractivity (Wildman–Crippen MR) is 70.3 cm³/mol. The normalized spacial score (nSPS) is 23.1. The highest BCUT2D eigenvalue weighted by Gasteiger charge is 2.40. The summed E-state index contributed by atoms with van der Waals surface area (Å²) in [5.74, 6) is 0.0197. The molecule has 1 fully saturated rings. The van der Waals surface area contributed by atoms with Gasteiger partial charge in [0.25, 0.3) is 0 Å². The number of alkyl halides is 3. The molecule has 0 aliphatic carbocycles. The lowest BCUT2D eigenvalue weighted by Crippen LogP contribution is -2.37. The van der Waals surface area contributed by atoms with Gasteiger partial charge in [-0.2, -0.15) is 13.2 Å². The van der Waals surface area contributed by atoms with Gasteiger partial charge in [0.1, 0.15) is 0 Å². The third-order valence-electron chi connectivity index (χ3n) is 3.78. The summed E-state index contributed by atoms with van der Waals surface area (Å²) in [6.07, 6.45) is -4.16. The molecule has 0 amide bonds. The number of hydrogen-bond donors (Lipinski definition) is 1. The van der Waals surface area contributed by atoms with Gasteiger partial charge in [0.05, 0.1) is 5.92 Å². The summed E-state index contributed by atoms with van der Waals surface area (Å²) in [7, 11) is 0. The number of fused-ring (bicyclic) bond motifs is 1. The van der Waals surface area contributed by atoms with Crippen molar-refractivity contribution in [3.8, 4) is 11.5 Å². The first-order valence-corrected chi connectivity index (χ1v) is 6.91. The van der Waals surface area contributed by atoms with E-state index in [1.54, 1.807) is 6.07 Å². The molecule has 116 valence electrons. The fourth-order valence-corrected chi connectivity index (χ4v) is 2.64. The highest BCUT2D eigenvalue weighted by molar-refractivity contribution is 5.44. The quantitative estimate of drug-likeness (QED) is 0.906. The van der Waals surface area contributed by atoms with Gasteiger partial charge in [-0.1, -0.05) is 6.07 Å². The van der Waals surface area contributed by atoms with E-state index in [1.165, 1.54) is 0 Å². The van der Waals surface area contributed by atoms with Crippen LogP contribution in [-0.2, 0) is 6.54 Å². The van der Waals surface area contributed by atoms with Gasteiger partial charge in [-0.3, -0.25) is 4.90 Å². The Bertz CT molecular complexity index is 507. The van der Waals surface area contributed by atoms with E-state index in [2.05, 4.69) is 5.32 Å². The minimum atomic E-state index is -4.16. The monoisotopic (exact) mass is 302 g/mol. The first kappa shape index (κ1) is 14.5. The molecule has 0 aromatic heterocycles. The Balaban J connectivity index is 1.68. The second-order valence-corrected chi connectivity index (χ2v) is 5.37. The van der Waals surface area contributed by atoms with Crippen LogP contribution in [0.3, 0.4) is 0 Å². The van der Waals surface area contributed by atoms with Crippen LogP contribution in [0.1, 0.15) is 5.56 Å². The Morgan fingerprint density at radius 3 is 2.86 bits per heavy atom. The molecule has 4 nitrogen and oxygen atoms in total. The van der Waals surface area contributed by atoms with Crippen molar-refractivity contribution >= 4 is 0 Å². The third kappa shape index (κ3) is 3.41. The fourth-order valence-electron chi connectivity index (χ4n) is 2.64. The van der Waals surface area contributed by atoms with Gasteiger partial charge in [0.2, 0.25) is 6.79 Å². The average molecular weight is 302 g/mol. The molecule has 1 saturated heterocycles. The molecule has 7 heteroatoms. The summed E-state index contributed by atoms with van der Waals surface area (Å²) in [5.41, 5.74) is 0.932. The second kappa shape index (κ2) is 5.73. The Labute approximate surface area is 120 Å². The first-order valence-electron chi connectivity index (χ1n) is 6.91. The van der Waals surface area contributed by atoms with Crippen molar-refractivity contribution in [2.45, 2.75) is 12.7 Å². The number of nitrogens with one attached hydrogen (secondary N) is 1. The molecule has 3 rings (SSSR count). The van der Waals surface area contributed by atoms with Crippen molar-refractivity contribution in [1.82, 2.24) is 10.2 Å². The molecule has 0 saturated carbocycles. The van der Waals surface area contributed by atoms with E-state index < -0.39 is 12.1 Å². The van der Waals surface area contributed by atoms with Crippen LogP contribution in [0.4, 0.5) is 13.2 Å². The van der Waals surface area contributed by atoms with Gasteiger partial charge in [0.15, 0.2) is 11.5 Å². The Morgan fingerprint density at radius 1 is 1.24 bits per heavy atom. The zero-order chi connectivity index (χ0) is 14.9. The molecule has 2 aliphatic rings. The lowest BCUT2D eigenvalue weighted by molar-refractivity contribution is -0.176. The number of ether oxygens (including phenoxy) is 2. The van der Waals surface area contributed by atoms with Gasteiger partial charge < -0.3 is 14.8 Å². The van der Waals surface area contributed by atoms with Gasteiger partial charge in [-0.25, -0.2) is 0 Å². The molecule has 1 atom stereocenters. The minimum absolute atomic E-state index is 0.0128. The number of nitrogens with zero attached hydrogens (tertiary/aromatic N) is 1. The van der Waals surface area contributed by atoms with Crippen LogP contribution in [0.2, 0.25) is 0 Å². The van der Waals surface area contributed by atoms with Crippen LogP contribution < -0.4 is 14.8 Å². The molecule has 1 aromatic rings. The summed E-state index contributed by atoms with van der Waals surface area (Å²) < 4.78 is 49.3. The van der Waals surface area contributed by atoms with E-state index in [0.29, 0.717) is 31.1 Å². The van der Waals surface area contributed by atoms with Crippen molar-refractivity contribution in [1.29, 1.82) is 0 Å². The molecule has 1 unspecified atom stereocenters. The average Bonchev–Trinajstić information content (AvgIpc) is 2.75. The second-order valence-electron chi connectivity index (χ2n) is 5.37. The summed E-state index contributed by atoms with van der Waals surface area (Å²) in [6, 6.07) is 5.51. The molecule has 1 aromatic carbocycles. The van der Waals surface area contributed by atoms with E-state index in [-0.39, 0.29) is 19.9 Å². The van der Waals surface area contributed by atoms with E-state index in [0.717, 1.165) is 5.56 Å². The molecular weight excluding hydrogens is 285 g/mol. The minimum Gasteiger partial charge on any atom is -0.454 e. The van der Waals surface area contributed by atoms with Crippen molar-refractivity contribution in [2.24, 2.45) is 5.92 Å². The maximum Gasteiger partial charge on any atom is 0.394 e. The molecule has 21 heavy (non-hydrogen) atoms. The largest absolute Gasteiger partial charge is 0.454 e. The van der Waals surface area contributed by atoms with Gasteiger partial charge >= 0.3 is 6.18 Å². The molecule has 0 radical (unpaired) electrons. The van der Waals surface area contributed by atoms with E-state index in [4.69, 9.17) is 9.47 Å². The van der Waals surface area contributed by atoms with Crippen LogP contribution in [0.15, 0.2) is 18.2 Å². The topological polar surface area (TPSA) is 33.7 Å². The van der Waals surface area contributed by atoms with Crippen LogP contribution in [-0.4, -0.2) is 44.0 Å². The van der Waals surface area contributed by atoms with Crippen molar-refractivity contribution in [3.05, 3.63) is 23.8 Å². The third-order valence-corrected chi connectivity index (χ3v) is 3.78. The smallest absolute Gasteiger partial charge is 0.394 e. The molecule has 0 spiro atoms. The van der Waals surface area contributed by atoms with Crippen LogP contribution in [0, 0.1) is 5.92 Å². The van der Waals surface area contributed by atoms with E-state index >= 15 is 0 Å². The lowest BCUT2D eigenvalue weighted by atomic mass is 10.1. The molecule has 2 aliphatic heterocycles. The standard InChI is InChI=1S/C14H17F3N2O2/c15-14(16,17)11-6-18-3-4-19(8-11)7-10-1-2-12-13(5-10)21-9-20-12/h1-2,5,11,18H,3-4,6-9H2. The van der Waals surface area contributed by atoms with Crippen molar-refractivity contribution < 1.29 is 22.6 Å². The lowest BCUT2D eigenvalue weighted by Gasteiger charge is -2.25. The maximum atomic E-state index is 12.9. The Hall–Kier alpha value is -1.47. The van der Waals surface area contributed by atoms with Crippen LogP contribution >= 0.6 is 0 Å². The summed E-state index contributed by atoms with van der Waals surface area (Å²) in [6.45, 7) is 1.84. The molecule has 1 N–H and O–H groups in total. The van der Waals surface area contributed by atoms with Gasteiger partial charge in [-0.15, -0.1) is 0 Å². The summed E-state index contributed by atoms with van der Waals surface area (Å²) in [5, 5.41) is 2.85. The number of hydrogen-bond acceptors (Lipinski definition) is 4. The van der Waals surface area contributed by atoms with Crippen molar-refractivity contribution in [3.63, 3.8) is 0 Å². The van der Waals surface area contributed by atoms with Crippen LogP contribution in [0.25, 0.3) is 0 Å². The zero-order valence-electron chi connectivity index (χ0n) is 11.4. The predicted octanol–water partition coefficient (Wildman–Crippen LogP) is 2.00. The van der Waals surface area contributed by atoms with Crippen molar-refractivity contribution in [2.75, 3.05) is 33.0 Å². The first-order chi connectivity index (χ1) is 10.0.